The number of tetrazole rings is 1. The number of rotatable bonds is 4. The van der Waals surface area contributed by atoms with Gasteiger partial charge in [0.2, 0.25) is 0 Å². The van der Waals surface area contributed by atoms with E-state index in [0.29, 0.717) is 28.4 Å². The Morgan fingerprint density at radius 1 is 1.04 bits per heavy atom. The molecule has 0 N–H and O–H groups in total. The molecule has 5 rings (SSSR count). The summed E-state index contributed by atoms with van der Waals surface area (Å²) in [6.07, 6.45) is 3.17. The minimum absolute atomic E-state index is 0.121. The first-order valence-electron chi connectivity index (χ1n) is 8.51. The number of aromatic nitrogens is 10. The number of nitrogens with zero attached hydrogens (tertiary/aromatic N) is 10. The van der Waals surface area contributed by atoms with E-state index < -0.39 is 0 Å². The Morgan fingerprint density at radius 3 is 2.41 bits per heavy atom. The number of fused-ring (bicyclic) bond motifs is 2. The van der Waals surface area contributed by atoms with Crippen LogP contribution in [0.1, 0.15) is 31.8 Å². The molecule has 1 aliphatic carbocycles. The molecule has 1 aromatic carbocycles. The first-order valence-corrected chi connectivity index (χ1v) is 8.51. The van der Waals surface area contributed by atoms with Crippen LogP contribution >= 0.6 is 0 Å². The third-order valence-electron chi connectivity index (χ3n) is 4.62. The highest BCUT2D eigenvalue weighted by Crippen LogP contribution is 2.32. The lowest BCUT2D eigenvalue weighted by Crippen LogP contribution is -2.30. The molecular weight excluding hydrogens is 352 g/mol. The molecule has 0 saturated heterocycles. The van der Waals surface area contributed by atoms with E-state index >= 15 is 0 Å². The van der Waals surface area contributed by atoms with Gasteiger partial charge in [-0.3, -0.25) is 9.59 Å². The molecule has 0 bridgehead atoms. The maximum absolute atomic E-state index is 12.9. The Morgan fingerprint density at radius 2 is 1.74 bits per heavy atom. The fourth-order valence-electron chi connectivity index (χ4n) is 3.04. The maximum Gasteiger partial charge on any atom is 0.277 e. The van der Waals surface area contributed by atoms with Gasteiger partial charge in [-0.05, 0) is 37.1 Å². The summed E-state index contributed by atoms with van der Waals surface area (Å²) in [7, 11) is 0. The summed E-state index contributed by atoms with van der Waals surface area (Å²) in [5.41, 5.74) is 0.164. The normalized spacial score (nSPS) is 15.4. The molecule has 3 heterocycles. The zero-order valence-electron chi connectivity index (χ0n) is 14.3. The average Bonchev–Trinajstić information content (AvgIpc) is 3.38. The van der Waals surface area contributed by atoms with Gasteiger partial charge in [0.1, 0.15) is 11.0 Å². The van der Waals surface area contributed by atoms with E-state index in [4.69, 9.17) is 0 Å². The van der Waals surface area contributed by atoms with Gasteiger partial charge in [-0.1, -0.05) is 10.4 Å². The molecule has 12 nitrogen and oxygen atoms in total. The van der Waals surface area contributed by atoms with Crippen molar-refractivity contribution in [1.29, 1.82) is 0 Å². The second-order valence-electron chi connectivity index (χ2n) is 6.64. The van der Waals surface area contributed by atoms with Crippen LogP contribution in [0.15, 0.2) is 28.0 Å². The smallest absolute Gasteiger partial charge is 0.267 e. The van der Waals surface area contributed by atoms with Gasteiger partial charge in [-0.15, -0.1) is 20.4 Å². The summed E-state index contributed by atoms with van der Waals surface area (Å²) in [6, 6.07) is 2.89. The Hall–Kier alpha value is -3.57. The molecule has 136 valence electrons. The molecule has 12 heteroatoms. The predicted molar refractivity (Wildman–Crippen MR) is 92.0 cm³/mol. The second-order valence-corrected chi connectivity index (χ2v) is 6.64. The van der Waals surface area contributed by atoms with E-state index in [0.717, 1.165) is 12.8 Å². The van der Waals surface area contributed by atoms with E-state index in [2.05, 4.69) is 36.0 Å². The molecule has 1 atom stereocenters. The van der Waals surface area contributed by atoms with Crippen molar-refractivity contribution in [3.63, 3.8) is 0 Å². The van der Waals surface area contributed by atoms with Gasteiger partial charge in [0.05, 0.1) is 29.4 Å². The summed E-state index contributed by atoms with van der Waals surface area (Å²) in [6.45, 7) is 2.13. The van der Waals surface area contributed by atoms with Crippen LogP contribution in [-0.2, 0) is 6.54 Å². The fraction of sp³-hybridized carbons (Fsp3) is 0.400. The maximum atomic E-state index is 12.9. The molecule has 27 heavy (non-hydrogen) atoms. The van der Waals surface area contributed by atoms with Crippen LogP contribution in [0.2, 0.25) is 0 Å². The summed E-state index contributed by atoms with van der Waals surface area (Å²) < 4.78 is 2.66. The molecule has 0 aliphatic heterocycles. The van der Waals surface area contributed by atoms with E-state index in [-0.39, 0.29) is 23.2 Å². The zero-order valence-corrected chi connectivity index (χ0v) is 14.3. The summed E-state index contributed by atoms with van der Waals surface area (Å²) in [5, 5.41) is 28.3. The standard InChI is InChI=1S/C15H14N10O2/c1-8(6-23-17-7-16-20-23)24-14(26)10-4-13-11(5-12(10)18-21-24)15(27)25(22-19-13)9-2-3-9/h4-5,7-9H,2-3,6H2,1H3/t8-/m1/s1. The third kappa shape index (κ3) is 2.56. The Bertz CT molecular complexity index is 1270. The lowest BCUT2D eigenvalue weighted by atomic mass is 10.2. The second kappa shape index (κ2) is 5.72. The fourth-order valence-corrected chi connectivity index (χ4v) is 3.04. The van der Waals surface area contributed by atoms with Crippen molar-refractivity contribution >= 4 is 21.8 Å². The monoisotopic (exact) mass is 366 g/mol. The first-order chi connectivity index (χ1) is 13.1. The van der Waals surface area contributed by atoms with Gasteiger partial charge in [0, 0.05) is 0 Å². The van der Waals surface area contributed by atoms with Gasteiger partial charge < -0.3 is 0 Å². The lowest BCUT2D eigenvalue weighted by molar-refractivity contribution is 0.354. The number of hydrogen-bond donors (Lipinski definition) is 0. The van der Waals surface area contributed by atoms with Crippen LogP contribution in [0, 0.1) is 0 Å². The molecule has 0 spiro atoms. The highest BCUT2D eigenvalue weighted by molar-refractivity contribution is 5.93. The van der Waals surface area contributed by atoms with Crippen LogP contribution in [0.3, 0.4) is 0 Å². The molecule has 1 saturated carbocycles. The largest absolute Gasteiger partial charge is 0.277 e. The van der Waals surface area contributed by atoms with Crippen molar-refractivity contribution in [2.24, 2.45) is 0 Å². The summed E-state index contributed by atoms with van der Waals surface area (Å²) in [5.74, 6) is 0. The Balaban J connectivity index is 1.63. The SMILES string of the molecule is C[C@H](Cn1ncnn1)n1nnc2cc3c(=O)n(C4CC4)nnc3cc2c1=O. The molecular formula is C15H14N10O2. The quantitative estimate of drug-likeness (QED) is 0.436. The van der Waals surface area contributed by atoms with Crippen LogP contribution in [-0.4, -0.2) is 50.2 Å². The first kappa shape index (κ1) is 15.7. The van der Waals surface area contributed by atoms with Crippen molar-refractivity contribution in [2.75, 3.05) is 0 Å². The molecule has 0 radical (unpaired) electrons. The lowest BCUT2D eigenvalue weighted by Gasteiger charge is -2.12. The minimum Gasteiger partial charge on any atom is -0.267 e. The predicted octanol–water partition coefficient (Wildman–Crippen LogP) is -0.521. The Labute approximate surface area is 150 Å². The molecule has 1 aliphatic rings. The Kier molecular flexibility index (Phi) is 3.32. The minimum atomic E-state index is -0.340. The van der Waals surface area contributed by atoms with Crippen molar-refractivity contribution in [2.45, 2.75) is 38.4 Å². The van der Waals surface area contributed by atoms with Crippen molar-refractivity contribution in [3.8, 4) is 0 Å². The van der Waals surface area contributed by atoms with Crippen LogP contribution in [0.5, 0.6) is 0 Å². The molecule has 4 aromatic rings. The topological polar surface area (TPSA) is 139 Å². The highest BCUT2D eigenvalue weighted by atomic mass is 16.1. The van der Waals surface area contributed by atoms with Crippen molar-refractivity contribution < 1.29 is 0 Å². The van der Waals surface area contributed by atoms with E-state index in [1.807, 2.05) is 0 Å². The molecule has 3 aromatic heterocycles. The van der Waals surface area contributed by atoms with Gasteiger partial charge >= 0.3 is 0 Å². The summed E-state index contributed by atoms with van der Waals surface area (Å²) >= 11 is 0. The van der Waals surface area contributed by atoms with E-state index in [1.165, 1.54) is 20.5 Å². The van der Waals surface area contributed by atoms with Crippen LogP contribution < -0.4 is 11.1 Å². The van der Waals surface area contributed by atoms with Gasteiger partial charge in [0.15, 0.2) is 6.33 Å². The third-order valence-corrected chi connectivity index (χ3v) is 4.62. The van der Waals surface area contributed by atoms with Gasteiger partial charge in [-0.2, -0.15) is 4.80 Å². The van der Waals surface area contributed by atoms with E-state index in [9.17, 15) is 9.59 Å². The number of hydrogen-bond acceptors (Lipinski definition) is 9. The van der Waals surface area contributed by atoms with Crippen molar-refractivity contribution in [3.05, 3.63) is 39.2 Å². The van der Waals surface area contributed by atoms with Crippen LogP contribution in [0.25, 0.3) is 21.8 Å². The van der Waals surface area contributed by atoms with Gasteiger partial charge in [-0.25, -0.2) is 9.36 Å². The molecule has 0 amide bonds. The van der Waals surface area contributed by atoms with Crippen molar-refractivity contribution in [1.82, 2.24) is 50.2 Å². The van der Waals surface area contributed by atoms with Gasteiger partial charge in [0.25, 0.3) is 11.1 Å². The highest BCUT2D eigenvalue weighted by Gasteiger charge is 2.27. The number of benzene rings is 1. The summed E-state index contributed by atoms with van der Waals surface area (Å²) in [4.78, 5) is 26.8. The zero-order chi connectivity index (χ0) is 18.5. The van der Waals surface area contributed by atoms with Crippen LogP contribution in [0.4, 0.5) is 0 Å². The average molecular weight is 366 g/mol. The molecule has 0 unspecified atom stereocenters. The van der Waals surface area contributed by atoms with E-state index in [1.54, 1.807) is 19.1 Å². The molecule has 1 fully saturated rings.